The van der Waals surface area contributed by atoms with Crippen molar-refractivity contribution in [3.63, 3.8) is 0 Å². The topological polar surface area (TPSA) is 81.9 Å². The first kappa shape index (κ1) is 17.6. The molecule has 0 spiro atoms. The maximum absolute atomic E-state index is 12.3. The van der Waals surface area contributed by atoms with E-state index < -0.39 is 0 Å². The molecular weight excluding hydrogens is 330 g/mol. The molecule has 1 amide bonds. The van der Waals surface area contributed by atoms with Crippen LogP contribution in [0.25, 0.3) is 5.95 Å². The summed E-state index contributed by atoms with van der Waals surface area (Å²) >= 11 is 0. The van der Waals surface area contributed by atoms with Crippen LogP contribution >= 0.6 is 0 Å². The molecule has 0 bridgehead atoms. The molecule has 0 saturated heterocycles. The van der Waals surface area contributed by atoms with Crippen molar-refractivity contribution in [2.24, 2.45) is 0 Å². The fourth-order valence-electron chi connectivity index (χ4n) is 2.65. The molecule has 0 unspecified atom stereocenters. The Hall–Kier alpha value is -3.22. The summed E-state index contributed by atoms with van der Waals surface area (Å²) in [6, 6.07) is 6.98. The molecule has 0 atom stereocenters. The molecule has 1 aromatic carbocycles. The molecule has 134 valence electrons. The number of hydrogen-bond acceptors (Lipinski definition) is 5. The molecular formula is C19H21N5O2. The van der Waals surface area contributed by atoms with Crippen LogP contribution in [-0.4, -0.2) is 32.0 Å². The lowest BCUT2D eigenvalue weighted by atomic mass is 10.2. The van der Waals surface area contributed by atoms with Gasteiger partial charge in [0, 0.05) is 11.3 Å². The van der Waals surface area contributed by atoms with Crippen LogP contribution in [0.15, 0.2) is 36.7 Å². The number of amides is 1. The van der Waals surface area contributed by atoms with Gasteiger partial charge in [0.05, 0.1) is 30.4 Å². The van der Waals surface area contributed by atoms with Crippen LogP contribution in [0, 0.1) is 20.8 Å². The zero-order chi connectivity index (χ0) is 18.7. The van der Waals surface area contributed by atoms with E-state index in [-0.39, 0.29) is 5.91 Å². The molecule has 0 saturated carbocycles. The summed E-state index contributed by atoms with van der Waals surface area (Å²) in [5.41, 5.74) is 3.00. The standard InChI is InChI=1S/C19H21N5O2/c1-5-26-17-8-6-15(7-9-17)18(25)23-16-10-20-19(21-11-16)24-13(3)12(2)22-14(24)4/h6-11H,5H2,1-4H3,(H,23,25). The van der Waals surface area contributed by atoms with E-state index in [0.717, 1.165) is 23.0 Å². The number of carbonyl (C=O) groups is 1. The molecule has 0 fully saturated rings. The van der Waals surface area contributed by atoms with Gasteiger partial charge in [-0.25, -0.2) is 15.0 Å². The first-order valence-corrected chi connectivity index (χ1v) is 8.38. The first-order valence-electron chi connectivity index (χ1n) is 8.38. The number of benzene rings is 1. The minimum absolute atomic E-state index is 0.227. The number of imidazole rings is 1. The van der Waals surface area contributed by atoms with Gasteiger partial charge in [-0.1, -0.05) is 0 Å². The summed E-state index contributed by atoms with van der Waals surface area (Å²) < 4.78 is 7.26. The van der Waals surface area contributed by atoms with E-state index in [9.17, 15) is 4.79 Å². The van der Waals surface area contributed by atoms with Crippen molar-refractivity contribution in [2.75, 3.05) is 11.9 Å². The Labute approximate surface area is 152 Å². The summed E-state index contributed by atoms with van der Waals surface area (Å²) in [5, 5.41) is 2.79. The van der Waals surface area contributed by atoms with Gasteiger partial charge in [-0.2, -0.15) is 0 Å². The quantitative estimate of drug-likeness (QED) is 0.763. The van der Waals surface area contributed by atoms with Crippen LogP contribution in [0.2, 0.25) is 0 Å². The number of carbonyl (C=O) groups excluding carboxylic acids is 1. The zero-order valence-electron chi connectivity index (χ0n) is 15.3. The Morgan fingerprint density at radius 1 is 1.12 bits per heavy atom. The highest BCUT2D eigenvalue weighted by molar-refractivity contribution is 6.04. The number of aromatic nitrogens is 4. The highest BCUT2D eigenvalue weighted by Gasteiger charge is 2.12. The molecule has 3 aromatic rings. The van der Waals surface area contributed by atoms with E-state index in [1.807, 2.05) is 32.3 Å². The summed E-state index contributed by atoms with van der Waals surface area (Å²) in [4.78, 5) is 25.4. The van der Waals surface area contributed by atoms with Gasteiger partial charge < -0.3 is 10.1 Å². The SMILES string of the molecule is CCOc1ccc(C(=O)Nc2cnc(-n3c(C)nc(C)c3C)nc2)cc1. The van der Waals surface area contributed by atoms with Gasteiger partial charge in [0.1, 0.15) is 11.6 Å². The van der Waals surface area contributed by atoms with Crippen LogP contribution in [-0.2, 0) is 0 Å². The van der Waals surface area contributed by atoms with Gasteiger partial charge >= 0.3 is 0 Å². The lowest BCUT2D eigenvalue weighted by molar-refractivity contribution is 0.102. The van der Waals surface area contributed by atoms with Crippen LogP contribution in [0.3, 0.4) is 0 Å². The van der Waals surface area contributed by atoms with Crippen molar-refractivity contribution in [1.82, 2.24) is 19.5 Å². The Balaban J connectivity index is 1.73. The van der Waals surface area contributed by atoms with Gasteiger partial charge in [-0.3, -0.25) is 9.36 Å². The monoisotopic (exact) mass is 351 g/mol. The lowest BCUT2D eigenvalue weighted by Gasteiger charge is -2.08. The van der Waals surface area contributed by atoms with Gasteiger partial charge in [0.15, 0.2) is 0 Å². The molecule has 2 heterocycles. The Morgan fingerprint density at radius 2 is 1.77 bits per heavy atom. The number of nitrogens with one attached hydrogen (secondary N) is 1. The zero-order valence-corrected chi connectivity index (χ0v) is 15.3. The van der Waals surface area contributed by atoms with Crippen LogP contribution in [0.1, 0.15) is 34.5 Å². The summed E-state index contributed by atoms with van der Waals surface area (Å²) in [7, 11) is 0. The molecule has 1 N–H and O–H groups in total. The molecule has 0 aliphatic rings. The molecule has 7 nitrogen and oxygen atoms in total. The fraction of sp³-hybridized carbons (Fsp3) is 0.263. The molecule has 7 heteroatoms. The third kappa shape index (κ3) is 3.56. The van der Waals surface area contributed by atoms with Crippen LogP contribution < -0.4 is 10.1 Å². The van der Waals surface area contributed by atoms with E-state index in [1.54, 1.807) is 36.7 Å². The molecule has 0 aliphatic carbocycles. The smallest absolute Gasteiger partial charge is 0.255 e. The minimum Gasteiger partial charge on any atom is -0.494 e. The number of ether oxygens (including phenoxy) is 1. The Morgan fingerprint density at radius 3 is 2.31 bits per heavy atom. The molecule has 0 radical (unpaired) electrons. The maximum atomic E-state index is 12.3. The van der Waals surface area contributed by atoms with E-state index in [4.69, 9.17) is 4.74 Å². The van der Waals surface area contributed by atoms with Crippen molar-refractivity contribution >= 4 is 11.6 Å². The lowest BCUT2D eigenvalue weighted by Crippen LogP contribution is -2.13. The predicted octanol–water partition coefficient (Wildman–Crippen LogP) is 3.24. The van der Waals surface area contributed by atoms with E-state index in [0.29, 0.717) is 23.8 Å². The summed E-state index contributed by atoms with van der Waals surface area (Å²) in [6.45, 7) is 8.33. The average Bonchev–Trinajstić information content (AvgIpc) is 2.89. The molecule has 3 rings (SSSR count). The van der Waals surface area contributed by atoms with Gasteiger partial charge in [0.25, 0.3) is 5.91 Å². The second-order valence-corrected chi connectivity index (χ2v) is 5.85. The maximum Gasteiger partial charge on any atom is 0.255 e. The highest BCUT2D eigenvalue weighted by atomic mass is 16.5. The fourth-order valence-corrected chi connectivity index (χ4v) is 2.65. The Kier molecular flexibility index (Phi) is 4.97. The van der Waals surface area contributed by atoms with E-state index >= 15 is 0 Å². The van der Waals surface area contributed by atoms with Crippen LogP contribution in [0.5, 0.6) is 5.75 Å². The third-order valence-corrected chi connectivity index (χ3v) is 4.04. The predicted molar refractivity (Wildman–Crippen MR) is 98.9 cm³/mol. The number of hydrogen-bond donors (Lipinski definition) is 1. The van der Waals surface area contributed by atoms with Gasteiger partial charge in [0.2, 0.25) is 5.95 Å². The van der Waals surface area contributed by atoms with Crippen molar-refractivity contribution < 1.29 is 9.53 Å². The number of aryl methyl sites for hydroxylation is 2. The van der Waals surface area contributed by atoms with E-state index in [2.05, 4.69) is 20.3 Å². The number of rotatable bonds is 5. The van der Waals surface area contributed by atoms with Gasteiger partial charge in [-0.05, 0) is 52.0 Å². The van der Waals surface area contributed by atoms with Crippen molar-refractivity contribution in [3.8, 4) is 11.7 Å². The number of anilines is 1. The summed E-state index contributed by atoms with van der Waals surface area (Å²) in [5.74, 6) is 1.86. The second-order valence-electron chi connectivity index (χ2n) is 5.85. The largest absolute Gasteiger partial charge is 0.494 e. The van der Waals surface area contributed by atoms with Crippen molar-refractivity contribution in [2.45, 2.75) is 27.7 Å². The molecule has 0 aliphatic heterocycles. The number of nitrogens with zero attached hydrogens (tertiary/aromatic N) is 4. The molecule has 2 aromatic heterocycles. The molecule has 26 heavy (non-hydrogen) atoms. The third-order valence-electron chi connectivity index (χ3n) is 4.04. The van der Waals surface area contributed by atoms with Crippen LogP contribution in [0.4, 0.5) is 5.69 Å². The minimum atomic E-state index is -0.227. The van der Waals surface area contributed by atoms with Crippen molar-refractivity contribution in [3.05, 3.63) is 59.4 Å². The first-order chi connectivity index (χ1) is 12.5. The highest BCUT2D eigenvalue weighted by Crippen LogP contribution is 2.16. The van der Waals surface area contributed by atoms with Gasteiger partial charge in [-0.15, -0.1) is 0 Å². The summed E-state index contributed by atoms with van der Waals surface area (Å²) in [6.07, 6.45) is 3.17. The Bertz CT molecular complexity index is 914. The normalized spacial score (nSPS) is 10.6. The van der Waals surface area contributed by atoms with E-state index in [1.165, 1.54) is 0 Å². The second kappa shape index (κ2) is 7.35. The average molecular weight is 351 g/mol. The van der Waals surface area contributed by atoms with Crippen molar-refractivity contribution in [1.29, 1.82) is 0 Å².